The molecular formula is C11H15FN2S. The lowest BCUT2D eigenvalue weighted by Crippen LogP contribution is -2.23. The molecule has 4 heteroatoms. The average Bonchev–Trinajstić information content (AvgIpc) is 2.65. The second-order valence-electron chi connectivity index (χ2n) is 3.82. The summed E-state index contributed by atoms with van der Waals surface area (Å²) in [6.07, 6.45) is 2.47. The van der Waals surface area contributed by atoms with E-state index in [1.165, 1.54) is 25.0 Å². The van der Waals surface area contributed by atoms with Crippen molar-refractivity contribution < 1.29 is 4.39 Å². The van der Waals surface area contributed by atoms with Gasteiger partial charge in [-0.25, -0.2) is 4.39 Å². The molecule has 0 radical (unpaired) electrons. The smallest absolute Gasteiger partial charge is 0.126 e. The Hall–Kier alpha value is -0.740. The zero-order valence-corrected chi connectivity index (χ0v) is 9.32. The maximum absolute atomic E-state index is 13.0. The highest BCUT2D eigenvalue weighted by atomic mass is 32.2. The molecule has 1 aromatic carbocycles. The summed E-state index contributed by atoms with van der Waals surface area (Å²) in [5, 5.41) is 3.41. The number of anilines is 1. The summed E-state index contributed by atoms with van der Waals surface area (Å²) in [5.74, 6) is 0.736. The van der Waals surface area contributed by atoms with Gasteiger partial charge in [-0.3, -0.25) is 0 Å². The summed E-state index contributed by atoms with van der Waals surface area (Å²) >= 11 is 1.66. The van der Waals surface area contributed by atoms with Crippen LogP contribution in [0.15, 0.2) is 23.1 Å². The van der Waals surface area contributed by atoms with Gasteiger partial charge in [0.25, 0.3) is 0 Å². The summed E-state index contributed by atoms with van der Waals surface area (Å²) in [6, 6.07) is 5.27. The fraction of sp³-hybridized carbons (Fsp3) is 0.455. The Morgan fingerprint density at radius 2 is 2.33 bits per heavy atom. The van der Waals surface area contributed by atoms with Gasteiger partial charge in [0.05, 0.1) is 0 Å². The molecular weight excluding hydrogens is 211 g/mol. The Labute approximate surface area is 93.4 Å². The monoisotopic (exact) mass is 226 g/mol. The van der Waals surface area contributed by atoms with Crippen molar-refractivity contribution >= 4 is 17.4 Å². The molecule has 15 heavy (non-hydrogen) atoms. The minimum absolute atomic E-state index is 0.253. The number of nitrogens with one attached hydrogen (secondary N) is 1. The summed E-state index contributed by atoms with van der Waals surface area (Å²) in [5.41, 5.74) is 6.07. The van der Waals surface area contributed by atoms with E-state index in [4.69, 9.17) is 5.73 Å². The summed E-state index contributed by atoms with van der Waals surface area (Å²) in [7, 11) is 0. The van der Waals surface area contributed by atoms with E-state index in [0.29, 0.717) is 11.7 Å². The van der Waals surface area contributed by atoms with Crippen LogP contribution in [0.3, 0.4) is 0 Å². The molecule has 1 aliphatic heterocycles. The van der Waals surface area contributed by atoms with Crippen LogP contribution in [0.25, 0.3) is 0 Å². The van der Waals surface area contributed by atoms with E-state index in [9.17, 15) is 4.39 Å². The number of benzene rings is 1. The van der Waals surface area contributed by atoms with Crippen molar-refractivity contribution in [3.63, 3.8) is 0 Å². The topological polar surface area (TPSA) is 38.0 Å². The van der Waals surface area contributed by atoms with Crippen molar-refractivity contribution in [1.82, 2.24) is 5.32 Å². The molecule has 0 unspecified atom stereocenters. The van der Waals surface area contributed by atoms with E-state index >= 15 is 0 Å². The second kappa shape index (κ2) is 4.86. The molecule has 1 aromatic rings. The fourth-order valence-corrected chi connectivity index (χ4v) is 2.86. The summed E-state index contributed by atoms with van der Waals surface area (Å²) < 4.78 is 13.0. The van der Waals surface area contributed by atoms with Crippen molar-refractivity contribution in [2.24, 2.45) is 0 Å². The summed E-state index contributed by atoms with van der Waals surface area (Å²) in [6.45, 7) is 1.11. The van der Waals surface area contributed by atoms with Gasteiger partial charge in [0.2, 0.25) is 0 Å². The SMILES string of the molecule is Nc1cc(F)cc(SC[C@@H]2CCCN2)c1. The maximum Gasteiger partial charge on any atom is 0.126 e. The first-order valence-electron chi connectivity index (χ1n) is 5.16. The molecule has 0 bridgehead atoms. The van der Waals surface area contributed by atoms with E-state index < -0.39 is 0 Å². The quantitative estimate of drug-likeness (QED) is 0.613. The van der Waals surface area contributed by atoms with Gasteiger partial charge < -0.3 is 11.1 Å². The lowest BCUT2D eigenvalue weighted by molar-refractivity contribution is 0.625. The van der Waals surface area contributed by atoms with E-state index in [1.807, 2.05) is 6.07 Å². The highest BCUT2D eigenvalue weighted by molar-refractivity contribution is 7.99. The Bertz CT molecular complexity index is 317. The van der Waals surface area contributed by atoms with Gasteiger partial charge in [-0.05, 0) is 37.6 Å². The zero-order chi connectivity index (χ0) is 10.7. The number of thioether (sulfide) groups is 1. The van der Waals surface area contributed by atoms with Crippen LogP contribution in [0, 0.1) is 5.82 Å². The number of hydrogen-bond donors (Lipinski definition) is 2. The number of hydrogen-bond acceptors (Lipinski definition) is 3. The van der Waals surface area contributed by atoms with Crippen molar-refractivity contribution in [2.75, 3.05) is 18.0 Å². The van der Waals surface area contributed by atoms with Gasteiger partial charge in [0.1, 0.15) is 5.82 Å². The molecule has 3 N–H and O–H groups in total. The van der Waals surface area contributed by atoms with Crippen LogP contribution in [0.4, 0.5) is 10.1 Å². The van der Waals surface area contributed by atoms with Gasteiger partial charge in [-0.1, -0.05) is 0 Å². The molecule has 0 saturated carbocycles. The van der Waals surface area contributed by atoms with Gasteiger partial charge in [-0.2, -0.15) is 0 Å². The van der Waals surface area contributed by atoms with E-state index in [-0.39, 0.29) is 5.82 Å². The molecule has 0 spiro atoms. The minimum atomic E-state index is -0.253. The third-order valence-electron chi connectivity index (χ3n) is 2.51. The first-order valence-corrected chi connectivity index (χ1v) is 6.15. The molecule has 1 atom stereocenters. The highest BCUT2D eigenvalue weighted by Gasteiger charge is 2.14. The highest BCUT2D eigenvalue weighted by Crippen LogP contribution is 2.24. The normalized spacial score (nSPS) is 20.7. The predicted octanol–water partition coefficient (Wildman–Crippen LogP) is 2.25. The third-order valence-corrected chi connectivity index (χ3v) is 3.65. The second-order valence-corrected chi connectivity index (χ2v) is 4.92. The van der Waals surface area contributed by atoms with Gasteiger partial charge in [0, 0.05) is 22.4 Å². The lowest BCUT2D eigenvalue weighted by Gasteiger charge is -2.09. The molecule has 0 amide bonds. The molecule has 0 aliphatic carbocycles. The van der Waals surface area contributed by atoms with Gasteiger partial charge in [0.15, 0.2) is 0 Å². The number of nitrogens with two attached hydrogens (primary N) is 1. The molecule has 1 saturated heterocycles. The summed E-state index contributed by atoms with van der Waals surface area (Å²) in [4.78, 5) is 0.918. The Morgan fingerprint density at radius 1 is 1.47 bits per heavy atom. The Kier molecular flexibility index (Phi) is 3.49. The molecule has 2 nitrogen and oxygen atoms in total. The van der Waals surface area contributed by atoms with Gasteiger partial charge in [-0.15, -0.1) is 11.8 Å². The van der Waals surface area contributed by atoms with Crippen LogP contribution in [0.2, 0.25) is 0 Å². The largest absolute Gasteiger partial charge is 0.399 e. The van der Waals surface area contributed by atoms with Gasteiger partial charge >= 0.3 is 0 Å². The Morgan fingerprint density at radius 3 is 3.00 bits per heavy atom. The average molecular weight is 226 g/mol. The van der Waals surface area contributed by atoms with Crippen molar-refractivity contribution in [3.8, 4) is 0 Å². The van der Waals surface area contributed by atoms with Crippen LogP contribution in [0.1, 0.15) is 12.8 Å². The standard InChI is InChI=1S/C11H15FN2S/c12-8-4-9(13)6-11(5-8)15-7-10-2-1-3-14-10/h4-6,10,14H,1-3,7,13H2/t10-/m0/s1. The van der Waals surface area contributed by atoms with E-state index in [0.717, 1.165) is 17.2 Å². The molecule has 1 heterocycles. The van der Waals surface area contributed by atoms with Crippen molar-refractivity contribution in [1.29, 1.82) is 0 Å². The van der Waals surface area contributed by atoms with Crippen LogP contribution in [-0.2, 0) is 0 Å². The van der Waals surface area contributed by atoms with E-state index in [2.05, 4.69) is 5.32 Å². The van der Waals surface area contributed by atoms with Crippen molar-refractivity contribution in [2.45, 2.75) is 23.8 Å². The van der Waals surface area contributed by atoms with Crippen LogP contribution >= 0.6 is 11.8 Å². The molecule has 2 rings (SSSR count). The first kappa shape index (κ1) is 10.8. The fourth-order valence-electron chi connectivity index (χ4n) is 1.76. The predicted molar refractivity (Wildman–Crippen MR) is 62.6 cm³/mol. The zero-order valence-electron chi connectivity index (χ0n) is 8.50. The lowest BCUT2D eigenvalue weighted by atomic mass is 10.3. The number of halogens is 1. The van der Waals surface area contributed by atoms with E-state index in [1.54, 1.807) is 11.8 Å². The first-order chi connectivity index (χ1) is 7.24. The number of rotatable bonds is 3. The minimum Gasteiger partial charge on any atom is -0.399 e. The van der Waals surface area contributed by atoms with Crippen LogP contribution in [0.5, 0.6) is 0 Å². The van der Waals surface area contributed by atoms with Crippen LogP contribution < -0.4 is 11.1 Å². The molecule has 1 fully saturated rings. The van der Waals surface area contributed by atoms with Crippen LogP contribution in [-0.4, -0.2) is 18.3 Å². The van der Waals surface area contributed by atoms with Crippen molar-refractivity contribution in [3.05, 3.63) is 24.0 Å². The molecule has 1 aliphatic rings. The molecule has 82 valence electrons. The molecule has 0 aromatic heterocycles. The maximum atomic E-state index is 13.0. The third kappa shape index (κ3) is 3.11. The Balaban J connectivity index is 1.92. The number of nitrogen functional groups attached to an aromatic ring is 1.